The van der Waals surface area contributed by atoms with E-state index in [1.54, 1.807) is 0 Å². The SMILES string of the molecule is CCNCC1CCCN(C)C1c1ccc(OCC)cc1. The van der Waals surface area contributed by atoms with E-state index in [4.69, 9.17) is 4.74 Å². The van der Waals surface area contributed by atoms with E-state index in [-0.39, 0.29) is 0 Å². The highest BCUT2D eigenvalue weighted by atomic mass is 16.5. The first kappa shape index (κ1) is 15.3. The van der Waals surface area contributed by atoms with Crippen LogP contribution in [0.25, 0.3) is 0 Å². The Hall–Kier alpha value is -1.06. The molecule has 0 radical (unpaired) electrons. The van der Waals surface area contributed by atoms with Gasteiger partial charge in [-0.25, -0.2) is 0 Å². The molecule has 0 aromatic heterocycles. The average molecular weight is 276 g/mol. The van der Waals surface area contributed by atoms with Crippen LogP contribution in [0.5, 0.6) is 5.75 Å². The third-order valence-electron chi connectivity index (χ3n) is 4.20. The second-order valence-electron chi connectivity index (χ2n) is 5.64. The summed E-state index contributed by atoms with van der Waals surface area (Å²) in [4.78, 5) is 2.50. The van der Waals surface area contributed by atoms with Crippen molar-refractivity contribution in [2.24, 2.45) is 5.92 Å². The van der Waals surface area contributed by atoms with Crippen LogP contribution in [0.1, 0.15) is 38.3 Å². The summed E-state index contributed by atoms with van der Waals surface area (Å²) in [6, 6.07) is 9.20. The van der Waals surface area contributed by atoms with Gasteiger partial charge in [-0.1, -0.05) is 19.1 Å². The molecule has 1 N–H and O–H groups in total. The summed E-state index contributed by atoms with van der Waals surface area (Å²) < 4.78 is 5.54. The quantitative estimate of drug-likeness (QED) is 0.864. The van der Waals surface area contributed by atoms with Crippen LogP contribution in [0.4, 0.5) is 0 Å². The number of rotatable bonds is 6. The molecule has 1 aliphatic heterocycles. The summed E-state index contributed by atoms with van der Waals surface area (Å²) in [5.41, 5.74) is 1.42. The van der Waals surface area contributed by atoms with Crippen LogP contribution in [-0.2, 0) is 0 Å². The van der Waals surface area contributed by atoms with Crippen molar-refractivity contribution in [1.82, 2.24) is 10.2 Å². The number of ether oxygens (including phenoxy) is 1. The van der Waals surface area contributed by atoms with Crippen molar-refractivity contribution in [3.8, 4) is 5.75 Å². The maximum Gasteiger partial charge on any atom is 0.119 e. The van der Waals surface area contributed by atoms with Crippen LogP contribution in [0.2, 0.25) is 0 Å². The maximum atomic E-state index is 5.54. The Bertz CT molecular complexity index is 390. The van der Waals surface area contributed by atoms with Gasteiger partial charge < -0.3 is 10.1 Å². The molecule has 1 aromatic carbocycles. The molecule has 0 bridgehead atoms. The first-order chi connectivity index (χ1) is 9.76. The van der Waals surface area contributed by atoms with Crippen molar-refractivity contribution in [1.29, 1.82) is 0 Å². The maximum absolute atomic E-state index is 5.54. The molecule has 1 aromatic rings. The highest BCUT2D eigenvalue weighted by Gasteiger charge is 2.29. The summed E-state index contributed by atoms with van der Waals surface area (Å²) >= 11 is 0. The number of hydrogen-bond donors (Lipinski definition) is 1. The number of likely N-dealkylation sites (tertiary alicyclic amines) is 1. The molecular formula is C17H28N2O. The Balaban J connectivity index is 2.12. The van der Waals surface area contributed by atoms with Crippen molar-refractivity contribution in [2.45, 2.75) is 32.7 Å². The van der Waals surface area contributed by atoms with E-state index in [2.05, 4.69) is 48.5 Å². The van der Waals surface area contributed by atoms with Crippen LogP contribution in [0, 0.1) is 5.92 Å². The van der Waals surface area contributed by atoms with Crippen molar-refractivity contribution in [3.05, 3.63) is 29.8 Å². The van der Waals surface area contributed by atoms with E-state index in [1.807, 2.05) is 6.92 Å². The average Bonchev–Trinajstić information content (AvgIpc) is 2.47. The van der Waals surface area contributed by atoms with Crippen LogP contribution in [-0.4, -0.2) is 38.2 Å². The van der Waals surface area contributed by atoms with Gasteiger partial charge in [-0.3, -0.25) is 4.90 Å². The molecule has 3 nitrogen and oxygen atoms in total. The van der Waals surface area contributed by atoms with Crippen LogP contribution >= 0.6 is 0 Å². The zero-order valence-corrected chi connectivity index (χ0v) is 13.1. The third-order valence-corrected chi connectivity index (χ3v) is 4.20. The Morgan fingerprint density at radius 3 is 2.65 bits per heavy atom. The van der Waals surface area contributed by atoms with Crippen molar-refractivity contribution in [3.63, 3.8) is 0 Å². The highest BCUT2D eigenvalue weighted by molar-refractivity contribution is 5.30. The molecule has 0 aliphatic carbocycles. The number of hydrogen-bond acceptors (Lipinski definition) is 3. The lowest BCUT2D eigenvalue weighted by Crippen LogP contribution is -2.40. The third kappa shape index (κ3) is 3.74. The highest BCUT2D eigenvalue weighted by Crippen LogP contribution is 2.35. The predicted octanol–water partition coefficient (Wildman–Crippen LogP) is 3.08. The monoisotopic (exact) mass is 276 g/mol. The second-order valence-corrected chi connectivity index (χ2v) is 5.64. The van der Waals surface area contributed by atoms with E-state index in [0.717, 1.165) is 25.4 Å². The van der Waals surface area contributed by atoms with E-state index in [0.29, 0.717) is 12.0 Å². The van der Waals surface area contributed by atoms with Gasteiger partial charge in [0.05, 0.1) is 6.61 Å². The zero-order chi connectivity index (χ0) is 14.4. The summed E-state index contributed by atoms with van der Waals surface area (Å²) in [7, 11) is 2.25. The van der Waals surface area contributed by atoms with E-state index >= 15 is 0 Å². The second kappa shape index (κ2) is 7.65. The van der Waals surface area contributed by atoms with E-state index < -0.39 is 0 Å². The van der Waals surface area contributed by atoms with E-state index in [9.17, 15) is 0 Å². The molecule has 0 spiro atoms. The van der Waals surface area contributed by atoms with Crippen molar-refractivity contribution >= 4 is 0 Å². The first-order valence-electron chi connectivity index (χ1n) is 7.90. The smallest absolute Gasteiger partial charge is 0.119 e. The molecule has 0 saturated carbocycles. The van der Waals surface area contributed by atoms with Gasteiger partial charge in [0.2, 0.25) is 0 Å². The summed E-state index contributed by atoms with van der Waals surface area (Å²) in [5, 5.41) is 3.52. The minimum absolute atomic E-state index is 0.526. The molecule has 1 saturated heterocycles. The lowest BCUT2D eigenvalue weighted by molar-refractivity contribution is 0.120. The molecule has 1 aliphatic rings. The van der Waals surface area contributed by atoms with Gasteiger partial charge in [-0.05, 0) is 70.1 Å². The Morgan fingerprint density at radius 1 is 1.25 bits per heavy atom. The summed E-state index contributed by atoms with van der Waals surface area (Å²) in [6.07, 6.45) is 2.62. The van der Waals surface area contributed by atoms with Gasteiger partial charge in [0.25, 0.3) is 0 Å². The fourth-order valence-electron chi connectivity index (χ4n) is 3.26. The molecule has 2 atom stereocenters. The Labute approximate surface area is 123 Å². The lowest BCUT2D eigenvalue weighted by Gasteiger charge is -2.39. The first-order valence-corrected chi connectivity index (χ1v) is 7.90. The topological polar surface area (TPSA) is 24.5 Å². The largest absolute Gasteiger partial charge is 0.494 e. The minimum atomic E-state index is 0.526. The molecule has 112 valence electrons. The molecule has 3 heteroatoms. The molecule has 20 heavy (non-hydrogen) atoms. The summed E-state index contributed by atoms with van der Waals surface area (Å²) in [6.45, 7) is 8.29. The molecule has 2 rings (SSSR count). The summed E-state index contributed by atoms with van der Waals surface area (Å²) in [5.74, 6) is 1.67. The standard InChI is InChI=1S/C17H28N2O/c1-4-18-13-15-7-6-12-19(3)17(15)14-8-10-16(11-9-14)20-5-2/h8-11,15,17-18H,4-7,12-13H2,1-3H3. The zero-order valence-electron chi connectivity index (χ0n) is 13.1. The molecule has 1 heterocycles. The predicted molar refractivity (Wildman–Crippen MR) is 84.2 cm³/mol. The minimum Gasteiger partial charge on any atom is -0.494 e. The van der Waals surface area contributed by atoms with Gasteiger partial charge in [0.1, 0.15) is 5.75 Å². The molecule has 2 unspecified atom stereocenters. The van der Waals surface area contributed by atoms with Crippen molar-refractivity contribution in [2.75, 3.05) is 33.3 Å². The molecular weight excluding hydrogens is 248 g/mol. The molecule has 0 amide bonds. The Kier molecular flexibility index (Phi) is 5.86. The number of nitrogens with zero attached hydrogens (tertiary/aromatic N) is 1. The van der Waals surface area contributed by atoms with Crippen LogP contribution in [0.3, 0.4) is 0 Å². The number of benzene rings is 1. The van der Waals surface area contributed by atoms with Crippen LogP contribution in [0.15, 0.2) is 24.3 Å². The lowest BCUT2D eigenvalue weighted by atomic mass is 9.85. The van der Waals surface area contributed by atoms with Crippen LogP contribution < -0.4 is 10.1 Å². The van der Waals surface area contributed by atoms with E-state index in [1.165, 1.54) is 24.9 Å². The fourth-order valence-corrected chi connectivity index (χ4v) is 3.26. The van der Waals surface area contributed by atoms with Gasteiger partial charge in [-0.2, -0.15) is 0 Å². The fraction of sp³-hybridized carbons (Fsp3) is 0.647. The number of nitrogens with one attached hydrogen (secondary N) is 1. The molecule has 1 fully saturated rings. The van der Waals surface area contributed by atoms with Crippen molar-refractivity contribution < 1.29 is 4.74 Å². The van der Waals surface area contributed by atoms with Gasteiger partial charge in [0, 0.05) is 6.04 Å². The normalized spacial score (nSPS) is 23.8. The number of piperidine rings is 1. The van der Waals surface area contributed by atoms with Gasteiger partial charge in [0.15, 0.2) is 0 Å². The van der Waals surface area contributed by atoms with Gasteiger partial charge >= 0.3 is 0 Å². The van der Waals surface area contributed by atoms with Gasteiger partial charge in [-0.15, -0.1) is 0 Å². The Morgan fingerprint density at radius 2 is 2.00 bits per heavy atom.